The normalized spacial score (nSPS) is 11.9. The quantitative estimate of drug-likeness (QED) is 0.767. The molecule has 0 saturated carbocycles. The van der Waals surface area contributed by atoms with Crippen molar-refractivity contribution in [2.24, 2.45) is 5.92 Å². The first-order chi connectivity index (χ1) is 11.9. The van der Waals surface area contributed by atoms with E-state index in [4.69, 9.17) is 0 Å². The highest BCUT2D eigenvalue weighted by molar-refractivity contribution is 7.98. The third-order valence-electron chi connectivity index (χ3n) is 3.69. The predicted molar refractivity (Wildman–Crippen MR) is 99.3 cm³/mol. The second-order valence-corrected chi connectivity index (χ2v) is 6.78. The lowest BCUT2D eigenvalue weighted by molar-refractivity contribution is -0.118. The highest BCUT2D eigenvalue weighted by atomic mass is 32.2. The first-order valence-corrected chi connectivity index (χ1v) is 9.15. The van der Waals surface area contributed by atoms with E-state index in [9.17, 15) is 14.0 Å². The van der Waals surface area contributed by atoms with Gasteiger partial charge in [0.15, 0.2) is 0 Å². The zero-order valence-electron chi connectivity index (χ0n) is 14.4. The lowest BCUT2D eigenvalue weighted by Crippen LogP contribution is -2.47. The summed E-state index contributed by atoms with van der Waals surface area (Å²) in [7, 11) is 0. The molecule has 0 fully saturated rings. The second-order valence-electron chi connectivity index (χ2n) is 5.90. The third kappa shape index (κ3) is 5.06. The van der Waals surface area contributed by atoms with Gasteiger partial charge in [0, 0.05) is 10.6 Å². The largest absolute Gasteiger partial charge is 0.340 e. The van der Waals surface area contributed by atoms with Crippen LogP contribution in [0, 0.1) is 11.7 Å². The Bertz CT molecular complexity index is 765. The van der Waals surface area contributed by atoms with Crippen molar-refractivity contribution in [1.82, 2.24) is 5.32 Å². The molecule has 132 valence electrons. The summed E-state index contributed by atoms with van der Waals surface area (Å²) in [5.74, 6) is -1.71. The Morgan fingerprint density at radius 2 is 1.80 bits per heavy atom. The van der Waals surface area contributed by atoms with E-state index in [2.05, 4.69) is 10.6 Å². The molecule has 2 amide bonds. The smallest absolute Gasteiger partial charge is 0.254 e. The maximum atomic E-state index is 13.8. The minimum Gasteiger partial charge on any atom is -0.340 e. The minimum atomic E-state index is -0.773. The molecule has 0 radical (unpaired) electrons. The van der Waals surface area contributed by atoms with E-state index in [1.807, 2.05) is 38.3 Å². The van der Waals surface area contributed by atoms with Crippen molar-refractivity contribution in [3.8, 4) is 0 Å². The van der Waals surface area contributed by atoms with Crippen molar-refractivity contribution in [3.63, 3.8) is 0 Å². The zero-order chi connectivity index (χ0) is 18.4. The lowest BCUT2D eigenvalue weighted by atomic mass is 10.0. The number of thioether (sulfide) groups is 1. The molecule has 0 aliphatic rings. The maximum absolute atomic E-state index is 13.8. The van der Waals surface area contributed by atoms with Gasteiger partial charge >= 0.3 is 0 Å². The number of hydrogen-bond acceptors (Lipinski definition) is 3. The Hall–Kier alpha value is -2.34. The molecule has 2 rings (SSSR count). The van der Waals surface area contributed by atoms with E-state index in [1.165, 1.54) is 18.2 Å². The molecular weight excluding hydrogens is 339 g/mol. The van der Waals surface area contributed by atoms with E-state index in [-0.39, 0.29) is 17.4 Å². The van der Waals surface area contributed by atoms with Crippen LogP contribution in [0.1, 0.15) is 24.2 Å². The average Bonchev–Trinajstić information content (AvgIpc) is 2.59. The van der Waals surface area contributed by atoms with Crippen LogP contribution < -0.4 is 10.6 Å². The Labute approximate surface area is 151 Å². The number of benzene rings is 2. The van der Waals surface area contributed by atoms with Crippen molar-refractivity contribution in [3.05, 3.63) is 59.9 Å². The number of rotatable bonds is 6. The van der Waals surface area contributed by atoms with Crippen LogP contribution in [0.2, 0.25) is 0 Å². The summed E-state index contributed by atoms with van der Waals surface area (Å²) in [6.07, 6.45) is 1.95. The van der Waals surface area contributed by atoms with Crippen molar-refractivity contribution >= 4 is 29.3 Å². The van der Waals surface area contributed by atoms with Gasteiger partial charge in [0.05, 0.1) is 5.56 Å². The standard InChI is InChI=1S/C19H21FN2O2S/c1-12(2)17(22-18(23)15-9-4-5-10-16(15)20)19(24)21-13-7-6-8-14(11-13)25-3/h4-12,17H,1-3H3,(H,21,24)(H,22,23)/t17-/m1/s1. The fraction of sp³-hybridized carbons (Fsp3) is 0.263. The number of halogens is 1. The van der Waals surface area contributed by atoms with E-state index >= 15 is 0 Å². The van der Waals surface area contributed by atoms with Gasteiger partial charge in [-0.05, 0) is 42.5 Å². The Morgan fingerprint density at radius 3 is 2.44 bits per heavy atom. The van der Waals surface area contributed by atoms with Crippen molar-refractivity contribution in [2.45, 2.75) is 24.8 Å². The highest BCUT2D eigenvalue weighted by Crippen LogP contribution is 2.19. The van der Waals surface area contributed by atoms with Crippen LogP contribution in [-0.2, 0) is 4.79 Å². The summed E-state index contributed by atoms with van der Waals surface area (Å²) in [6.45, 7) is 3.65. The SMILES string of the molecule is CSc1cccc(NC(=O)[C@H](NC(=O)c2ccccc2F)C(C)C)c1. The summed E-state index contributed by atoms with van der Waals surface area (Å²) in [5.41, 5.74) is 0.577. The molecule has 2 aromatic carbocycles. The molecule has 2 aromatic rings. The molecule has 25 heavy (non-hydrogen) atoms. The number of nitrogens with one attached hydrogen (secondary N) is 2. The van der Waals surface area contributed by atoms with E-state index in [0.29, 0.717) is 5.69 Å². The lowest BCUT2D eigenvalue weighted by Gasteiger charge is -2.22. The molecular formula is C19H21FN2O2S. The second kappa shape index (κ2) is 8.67. The van der Waals surface area contributed by atoms with Gasteiger partial charge in [0.2, 0.25) is 5.91 Å². The number of hydrogen-bond donors (Lipinski definition) is 2. The molecule has 0 heterocycles. The highest BCUT2D eigenvalue weighted by Gasteiger charge is 2.25. The molecule has 0 spiro atoms. The number of carbonyl (C=O) groups is 2. The Kier molecular flexibility index (Phi) is 6.58. The molecule has 0 saturated heterocycles. The van der Waals surface area contributed by atoms with E-state index < -0.39 is 17.8 Å². The van der Waals surface area contributed by atoms with E-state index in [1.54, 1.807) is 23.9 Å². The average molecular weight is 360 g/mol. The van der Waals surface area contributed by atoms with Crippen LogP contribution in [-0.4, -0.2) is 24.1 Å². The summed E-state index contributed by atoms with van der Waals surface area (Å²) in [6, 6.07) is 12.4. The molecule has 1 atom stereocenters. The fourth-order valence-electron chi connectivity index (χ4n) is 2.32. The molecule has 4 nitrogen and oxygen atoms in total. The number of carbonyl (C=O) groups excluding carboxylic acids is 2. The topological polar surface area (TPSA) is 58.2 Å². The minimum absolute atomic E-state index is 0.0784. The van der Waals surface area contributed by atoms with Gasteiger partial charge in [-0.1, -0.05) is 32.0 Å². The Morgan fingerprint density at radius 1 is 1.08 bits per heavy atom. The summed E-state index contributed by atoms with van der Waals surface area (Å²) in [4.78, 5) is 25.9. The van der Waals surface area contributed by atoms with Gasteiger partial charge in [0.1, 0.15) is 11.9 Å². The van der Waals surface area contributed by atoms with Crippen molar-refractivity contribution < 1.29 is 14.0 Å². The van der Waals surface area contributed by atoms with Crippen molar-refractivity contribution in [1.29, 1.82) is 0 Å². The molecule has 0 aromatic heterocycles. The van der Waals surface area contributed by atoms with Crippen LogP contribution in [0.25, 0.3) is 0 Å². The number of anilines is 1. The van der Waals surface area contributed by atoms with Gasteiger partial charge in [-0.25, -0.2) is 4.39 Å². The monoisotopic (exact) mass is 360 g/mol. The van der Waals surface area contributed by atoms with Gasteiger partial charge in [-0.3, -0.25) is 9.59 Å². The fourth-order valence-corrected chi connectivity index (χ4v) is 2.78. The maximum Gasteiger partial charge on any atom is 0.254 e. The van der Waals surface area contributed by atoms with Crippen LogP contribution in [0.4, 0.5) is 10.1 Å². The van der Waals surface area contributed by atoms with Crippen LogP contribution >= 0.6 is 11.8 Å². The van der Waals surface area contributed by atoms with E-state index in [0.717, 1.165) is 4.90 Å². The molecule has 0 bridgehead atoms. The molecule has 2 N–H and O–H groups in total. The number of amides is 2. The Balaban J connectivity index is 2.13. The van der Waals surface area contributed by atoms with Crippen LogP contribution in [0.15, 0.2) is 53.4 Å². The summed E-state index contributed by atoms with van der Waals surface area (Å²) in [5, 5.41) is 5.43. The predicted octanol–water partition coefficient (Wildman–Crippen LogP) is 3.94. The first-order valence-electron chi connectivity index (χ1n) is 7.92. The zero-order valence-corrected chi connectivity index (χ0v) is 15.2. The third-order valence-corrected chi connectivity index (χ3v) is 4.42. The summed E-state index contributed by atoms with van der Waals surface area (Å²) >= 11 is 1.57. The van der Waals surface area contributed by atoms with Gasteiger partial charge in [0.25, 0.3) is 5.91 Å². The molecule has 0 unspecified atom stereocenters. The molecule has 0 aliphatic carbocycles. The first kappa shape index (κ1) is 19.0. The van der Waals surface area contributed by atoms with Gasteiger partial charge in [-0.2, -0.15) is 0 Å². The molecule has 0 aliphatic heterocycles. The van der Waals surface area contributed by atoms with Gasteiger partial charge in [-0.15, -0.1) is 11.8 Å². The van der Waals surface area contributed by atoms with Crippen LogP contribution in [0.5, 0.6) is 0 Å². The van der Waals surface area contributed by atoms with Crippen molar-refractivity contribution in [2.75, 3.05) is 11.6 Å². The van der Waals surface area contributed by atoms with Gasteiger partial charge < -0.3 is 10.6 Å². The molecule has 6 heteroatoms. The summed E-state index contributed by atoms with van der Waals surface area (Å²) < 4.78 is 13.8. The van der Waals surface area contributed by atoms with Crippen LogP contribution in [0.3, 0.4) is 0 Å².